The van der Waals surface area contributed by atoms with Gasteiger partial charge in [0.15, 0.2) is 0 Å². The Morgan fingerprint density at radius 2 is 1.71 bits per heavy atom. The topological polar surface area (TPSA) is 12.4 Å². The molecule has 0 aromatic carbocycles. The van der Waals surface area contributed by atoms with Crippen LogP contribution in [0.1, 0.15) is 54.9 Å². The van der Waals surface area contributed by atoms with Crippen molar-refractivity contribution >= 4 is 5.71 Å². The van der Waals surface area contributed by atoms with Crippen LogP contribution in [0.4, 0.5) is 0 Å². The van der Waals surface area contributed by atoms with Gasteiger partial charge in [-0.3, -0.25) is 4.99 Å². The molecule has 0 fully saturated rings. The fourth-order valence-electron chi connectivity index (χ4n) is 1.33. The van der Waals surface area contributed by atoms with Crippen molar-refractivity contribution in [3.05, 3.63) is 35.1 Å². The fraction of sp³-hybridized carbons (Fsp3) is 0.562. The maximum atomic E-state index is 4.62. The van der Waals surface area contributed by atoms with E-state index in [4.69, 9.17) is 0 Å². The Hall–Kier alpha value is -1.11. The Morgan fingerprint density at radius 1 is 1.12 bits per heavy atom. The van der Waals surface area contributed by atoms with E-state index in [1.807, 2.05) is 6.92 Å². The van der Waals surface area contributed by atoms with Crippen LogP contribution in [0.5, 0.6) is 0 Å². The zero-order chi connectivity index (χ0) is 13.4. The number of hydrogen-bond donors (Lipinski definition) is 0. The van der Waals surface area contributed by atoms with Crippen molar-refractivity contribution in [2.24, 2.45) is 10.9 Å². The molecular weight excluding hydrogens is 206 g/mol. The van der Waals surface area contributed by atoms with E-state index < -0.39 is 0 Å². The molecule has 0 saturated carbocycles. The first-order chi connectivity index (χ1) is 7.88. The molecule has 0 aliphatic heterocycles. The Labute approximate surface area is 107 Å². The van der Waals surface area contributed by atoms with Crippen LogP contribution in [0.3, 0.4) is 0 Å². The third-order valence-corrected chi connectivity index (χ3v) is 2.83. The van der Waals surface area contributed by atoms with E-state index in [1.54, 1.807) is 0 Å². The molecule has 0 bridgehead atoms. The highest BCUT2D eigenvalue weighted by atomic mass is 14.7. The molecule has 0 saturated heterocycles. The molecule has 0 aromatic rings. The Morgan fingerprint density at radius 3 is 2.12 bits per heavy atom. The summed E-state index contributed by atoms with van der Waals surface area (Å²) in [5.41, 5.74) is 4.95. The van der Waals surface area contributed by atoms with Gasteiger partial charge in [-0.2, -0.15) is 0 Å². The molecule has 0 amide bonds. The van der Waals surface area contributed by atoms with Gasteiger partial charge < -0.3 is 0 Å². The van der Waals surface area contributed by atoms with E-state index in [0.717, 1.165) is 12.1 Å². The minimum atomic E-state index is 0.612. The number of allylic oxidation sites excluding steroid dienone is 6. The minimum absolute atomic E-state index is 0.612. The van der Waals surface area contributed by atoms with E-state index in [-0.39, 0.29) is 0 Å². The molecule has 0 unspecified atom stereocenters. The molecule has 0 aliphatic carbocycles. The van der Waals surface area contributed by atoms with Crippen LogP contribution in [-0.2, 0) is 0 Å². The Bertz CT molecular complexity index is 348. The van der Waals surface area contributed by atoms with E-state index in [2.05, 4.69) is 64.8 Å². The van der Waals surface area contributed by atoms with Gasteiger partial charge in [-0.1, -0.05) is 44.1 Å². The van der Waals surface area contributed by atoms with Crippen molar-refractivity contribution in [2.75, 3.05) is 0 Å². The molecule has 0 spiro atoms. The lowest BCUT2D eigenvalue weighted by molar-refractivity contribution is 0.769. The van der Waals surface area contributed by atoms with E-state index in [9.17, 15) is 0 Å². The van der Waals surface area contributed by atoms with Crippen molar-refractivity contribution in [2.45, 2.75) is 54.9 Å². The quantitative estimate of drug-likeness (QED) is 0.451. The molecule has 0 heterocycles. The summed E-state index contributed by atoms with van der Waals surface area (Å²) >= 11 is 0. The maximum absolute atomic E-state index is 4.62. The molecule has 17 heavy (non-hydrogen) atoms. The molecular formula is C16H27N. The first kappa shape index (κ1) is 15.9. The van der Waals surface area contributed by atoms with E-state index in [0.29, 0.717) is 5.92 Å². The lowest BCUT2D eigenvalue weighted by Gasteiger charge is -2.02. The van der Waals surface area contributed by atoms with Gasteiger partial charge in [0.05, 0.1) is 0 Å². The SMILES string of the molecule is CCC(/N=C(C)/C=C\C=C(/C)C(C)C)=C(C)C. The smallest absolute Gasteiger partial charge is 0.0390 e. The molecule has 1 nitrogen and oxygen atoms in total. The van der Waals surface area contributed by atoms with Crippen LogP contribution in [0.25, 0.3) is 0 Å². The number of nitrogens with zero attached hydrogens (tertiary/aromatic N) is 1. The van der Waals surface area contributed by atoms with Gasteiger partial charge >= 0.3 is 0 Å². The molecule has 0 N–H and O–H groups in total. The summed E-state index contributed by atoms with van der Waals surface area (Å²) in [5, 5.41) is 0. The Balaban J connectivity index is 4.71. The predicted octanol–water partition coefficient (Wildman–Crippen LogP) is 5.31. The number of rotatable bonds is 5. The summed E-state index contributed by atoms with van der Waals surface area (Å²) in [4.78, 5) is 4.62. The number of hydrogen-bond acceptors (Lipinski definition) is 1. The maximum Gasteiger partial charge on any atom is 0.0390 e. The summed E-state index contributed by atoms with van der Waals surface area (Å²) < 4.78 is 0. The highest BCUT2D eigenvalue weighted by molar-refractivity contribution is 5.93. The molecule has 0 rings (SSSR count). The summed E-state index contributed by atoms with van der Waals surface area (Å²) in [6, 6.07) is 0. The van der Waals surface area contributed by atoms with Crippen LogP contribution in [0.15, 0.2) is 40.1 Å². The van der Waals surface area contributed by atoms with Gasteiger partial charge in [-0.25, -0.2) is 0 Å². The standard InChI is InChI=1S/C16H27N/c1-8-16(13(4)5)17-15(7)11-9-10-14(6)12(2)3/h9-12H,8H2,1-7H3/b11-9-,14-10+,17-15+. The Kier molecular flexibility index (Phi) is 7.53. The zero-order valence-electron chi connectivity index (χ0n) is 12.5. The van der Waals surface area contributed by atoms with Gasteiger partial charge in [-0.15, -0.1) is 0 Å². The van der Waals surface area contributed by atoms with Crippen LogP contribution < -0.4 is 0 Å². The molecule has 0 aromatic heterocycles. The molecule has 0 radical (unpaired) electrons. The first-order valence-electron chi connectivity index (χ1n) is 6.45. The summed E-state index contributed by atoms with van der Waals surface area (Å²) in [6.45, 7) is 15.0. The van der Waals surface area contributed by atoms with Crippen LogP contribution in [-0.4, -0.2) is 5.71 Å². The lowest BCUT2D eigenvalue weighted by Crippen LogP contribution is -1.90. The zero-order valence-corrected chi connectivity index (χ0v) is 12.5. The number of aliphatic imine (C=N–C) groups is 1. The summed E-state index contributed by atoms with van der Waals surface area (Å²) in [7, 11) is 0. The van der Waals surface area contributed by atoms with Crippen molar-refractivity contribution in [3.63, 3.8) is 0 Å². The summed E-state index contributed by atoms with van der Waals surface area (Å²) in [6.07, 6.45) is 7.32. The van der Waals surface area contributed by atoms with Gasteiger partial charge in [0, 0.05) is 11.4 Å². The monoisotopic (exact) mass is 233 g/mol. The van der Waals surface area contributed by atoms with Gasteiger partial charge in [0.25, 0.3) is 0 Å². The average Bonchev–Trinajstić information content (AvgIpc) is 2.25. The normalized spacial score (nSPS) is 13.6. The second kappa shape index (κ2) is 8.05. The average molecular weight is 233 g/mol. The van der Waals surface area contributed by atoms with E-state index in [1.165, 1.54) is 16.8 Å². The third kappa shape index (κ3) is 6.93. The third-order valence-electron chi connectivity index (χ3n) is 2.83. The van der Waals surface area contributed by atoms with Crippen LogP contribution in [0.2, 0.25) is 0 Å². The second-order valence-electron chi connectivity index (χ2n) is 4.98. The largest absolute Gasteiger partial charge is 0.258 e. The first-order valence-corrected chi connectivity index (χ1v) is 6.45. The highest BCUT2D eigenvalue weighted by Crippen LogP contribution is 2.10. The second-order valence-corrected chi connectivity index (χ2v) is 4.98. The van der Waals surface area contributed by atoms with Gasteiger partial charge in [0.2, 0.25) is 0 Å². The van der Waals surface area contributed by atoms with Crippen LogP contribution >= 0.6 is 0 Å². The minimum Gasteiger partial charge on any atom is -0.258 e. The van der Waals surface area contributed by atoms with Gasteiger partial charge in [-0.05, 0) is 46.1 Å². The van der Waals surface area contributed by atoms with E-state index >= 15 is 0 Å². The molecule has 0 aliphatic rings. The van der Waals surface area contributed by atoms with Crippen molar-refractivity contribution in [1.82, 2.24) is 0 Å². The molecule has 1 heteroatoms. The molecule has 0 atom stereocenters. The van der Waals surface area contributed by atoms with Crippen molar-refractivity contribution in [1.29, 1.82) is 0 Å². The predicted molar refractivity (Wildman–Crippen MR) is 79.5 cm³/mol. The highest BCUT2D eigenvalue weighted by Gasteiger charge is 1.95. The molecule has 96 valence electrons. The summed E-state index contributed by atoms with van der Waals surface area (Å²) in [5.74, 6) is 0.612. The lowest BCUT2D eigenvalue weighted by atomic mass is 10.1. The van der Waals surface area contributed by atoms with Gasteiger partial charge in [0.1, 0.15) is 0 Å². The fourth-order valence-corrected chi connectivity index (χ4v) is 1.33. The van der Waals surface area contributed by atoms with Crippen molar-refractivity contribution < 1.29 is 0 Å². The van der Waals surface area contributed by atoms with Crippen LogP contribution in [0, 0.1) is 5.92 Å². The van der Waals surface area contributed by atoms with Crippen molar-refractivity contribution in [3.8, 4) is 0 Å².